The lowest BCUT2D eigenvalue weighted by molar-refractivity contribution is 0.260. The minimum atomic E-state index is 0. The Morgan fingerprint density at radius 1 is 1.23 bits per heavy atom. The van der Waals surface area contributed by atoms with E-state index < -0.39 is 0 Å². The molecule has 0 atom stereocenters. The van der Waals surface area contributed by atoms with Crippen LogP contribution in [0, 0.1) is 0 Å². The Kier molecular flexibility index (Phi) is 8.38. The first kappa shape index (κ1) is 21.7. The highest BCUT2D eigenvalue weighted by Crippen LogP contribution is 2.26. The van der Waals surface area contributed by atoms with Gasteiger partial charge in [-0.3, -0.25) is 9.89 Å². The van der Waals surface area contributed by atoms with Gasteiger partial charge in [0, 0.05) is 54.9 Å². The third-order valence-corrected chi connectivity index (χ3v) is 6.98. The number of thiophene rings is 2. The smallest absolute Gasteiger partial charge is 0.191 e. The Hall–Kier alpha value is -0.640. The van der Waals surface area contributed by atoms with Gasteiger partial charge in [0.1, 0.15) is 0 Å². The van der Waals surface area contributed by atoms with E-state index in [0.29, 0.717) is 0 Å². The Morgan fingerprint density at radius 2 is 2.08 bits per heavy atom. The molecule has 0 fully saturated rings. The minimum absolute atomic E-state index is 0. The summed E-state index contributed by atoms with van der Waals surface area (Å²) in [5.74, 6) is 0.887. The fraction of sp³-hybridized carbons (Fsp3) is 0.526. The highest BCUT2D eigenvalue weighted by Gasteiger charge is 2.22. The van der Waals surface area contributed by atoms with Gasteiger partial charge in [-0.2, -0.15) is 0 Å². The number of fused-ring (bicyclic) bond motifs is 1. The summed E-state index contributed by atoms with van der Waals surface area (Å²) in [4.78, 5) is 9.85. The lowest BCUT2D eigenvalue weighted by Gasteiger charge is -2.28. The molecule has 1 aliphatic rings. The molecule has 1 aliphatic heterocycles. The molecule has 0 aromatic carbocycles. The van der Waals surface area contributed by atoms with Gasteiger partial charge in [0.25, 0.3) is 0 Å². The Balaban J connectivity index is 0.00000243. The summed E-state index contributed by atoms with van der Waals surface area (Å²) in [6.07, 6.45) is 1.19. The Labute approximate surface area is 182 Å². The summed E-state index contributed by atoms with van der Waals surface area (Å²) < 4.78 is 0. The first-order valence-electron chi connectivity index (χ1n) is 8.84. The van der Waals surface area contributed by atoms with E-state index in [1.54, 1.807) is 4.88 Å². The number of nitrogens with zero attached hydrogens (tertiary/aromatic N) is 2. The number of hydrogen-bond acceptors (Lipinski definition) is 4. The van der Waals surface area contributed by atoms with Crippen LogP contribution in [-0.4, -0.2) is 44.1 Å². The van der Waals surface area contributed by atoms with E-state index in [-0.39, 0.29) is 29.4 Å². The van der Waals surface area contributed by atoms with Gasteiger partial charge < -0.3 is 10.6 Å². The lowest BCUT2D eigenvalue weighted by Crippen LogP contribution is -2.45. The third kappa shape index (κ3) is 5.68. The number of aliphatic imine (C=N–C) groups is 1. The van der Waals surface area contributed by atoms with E-state index in [2.05, 4.69) is 63.3 Å². The molecule has 0 saturated carbocycles. The van der Waals surface area contributed by atoms with Crippen LogP contribution >= 0.6 is 46.7 Å². The van der Waals surface area contributed by atoms with Crippen molar-refractivity contribution in [3.05, 3.63) is 44.3 Å². The van der Waals surface area contributed by atoms with Gasteiger partial charge in [-0.25, -0.2) is 0 Å². The van der Waals surface area contributed by atoms with Gasteiger partial charge in [0.05, 0.1) is 0 Å². The van der Waals surface area contributed by atoms with Gasteiger partial charge in [0.2, 0.25) is 0 Å². The maximum absolute atomic E-state index is 4.36. The van der Waals surface area contributed by atoms with Crippen molar-refractivity contribution in [3.8, 4) is 0 Å². The number of nitrogens with one attached hydrogen (secondary N) is 2. The van der Waals surface area contributed by atoms with Gasteiger partial charge >= 0.3 is 0 Å². The largest absolute Gasteiger partial charge is 0.356 e. The second-order valence-electron chi connectivity index (χ2n) is 7.11. The lowest BCUT2D eigenvalue weighted by atomic mass is 9.91. The predicted octanol–water partition coefficient (Wildman–Crippen LogP) is 3.93. The van der Waals surface area contributed by atoms with E-state index in [0.717, 1.165) is 38.7 Å². The summed E-state index contributed by atoms with van der Waals surface area (Å²) in [7, 11) is 1.84. The minimum Gasteiger partial charge on any atom is -0.356 e. The number of halogens is 1. The predicted molar refractivity (Wildman–Crippen MR) is 125 cm³/mol. The van der Waals surface area contributed by atoms with E-state index >= 15 is 0 Å². The normalized spacial score (nSPS) is 15.3. The fourth-order valence-electron chi connectivity index (χ4n) is 3.11. The molecule has 0 bridgehead atoms. The number of hydrogen-bond donors (Lipinski definition) is 2. The van der Waals surface area contributed by atoms with Crippen LogP contribution in [0.3, 0.4) is 0 Å². The standard InChI is InChI=1S/C19H28N4S2.HI/c1-19(2,17-5-4-11-25-17)14-22-18(20-3)21-8-10-23-9-6-16-15(13-23)7-12-24-16;/h4-5,7,11-12H,6,8-10,13-14H2,1-3H3,(H2,20,21,22);1H. The molecule has 0 saturated heterocycles. The fourth-order valence-corrected chi connectivity index (χ4v) is 4.85. The van der Waals surface area contributed by atoms with Crippen molar-refractivity contribution in [3.63, 3.8) is 0 Å². The first-order valence-corrected chi connectivity index (χ1v) is 10.6. The van der Waals surface area contributed by atoms with Crippen molar-refractivity contribution in [2.75, 3.05) is 33.2 Å². The van der Waals surface area contributed by atoms with E-state index in [1.807, 2.05) is 29.7 Å². The van der Waals surface area contributed by atoms with Gasteiger partial charge in [-0.05, 0) is 34.9 Å². The zero-order chi connectivity index (χ0) is 17.7. The second kappa shape index (κ2) is 10.1. The van der Waals surface area contributed by atoms with Crippen LogP contribution in [-0.2, 0) is 18.4 Å². The molecule has 26 heavy (non-hydrogen) atoms. The molecule has 3 rings (SSSR count). The average Bonchev–Trinajstić information content (AvgIpc) is 3.29. The van der Waals surface area contributed by atoms with Crippen LogP contribution in [0.15, 0.2) is 34.0 Å². The maximum atomic E-state index is 4.36. The molecule has 0 aliphatic carbocycles. The zero-order valence-electron chi connectivity index (χ0n) is 15.7. The number of rotatable bonds is 6. The third-order valence-electron chi connectivity index (χ3n) is 4.72. The van der Waals surface area contributed by atoms with Crippen molar-refractivity contribution < 1.29 is 0 Å². The topological polar surface area (TPSA) is 39.7 Å². The monoisotopic (exact) mass is 504 g/mol. The molecular formula is C19H29IN4S2. The molecule has 2 aromatic heterocycles. The zero-order valence-corrected chi connectivity index (χ0v) is 19.7. The molecule has 4 nitrogen and oxygen atoms in total. The molecular weight excluding hydrogens is 475 g/mol. The van der Waals surface area contributed by atoms with Crippen molar-refractivity contribution in [2.24, 2.45) is 4.99 Å². The van der Waals surface area contributed by atoms with Gasteiger partial charge in [-0.15, -0.1) is 46.7 Å². The van der Waals surface area contributed by atoms with Crippen molar-refractivity contribution >= 4 is 52.6 Å². The summed E-state index contributed by atoms with van der Waals surface area (Å²) in [5, 5.41) is 11.3. The molecule has 2 N–H and O–H groups in total. The Morgan fingerprint density at radius 3 is 2.81 bits per heavy atom. The summed E-state index contributed by atoms with van der Waals surface area (Å²) >= 11 is 3.71. The second-order valence-corrected chi connectivity index (χ2v) is 9.06. The van der Waals surface area contributed by atoms with Crippen LogP contribution in [0.4, 0.5) is 0 Å². The highest BCUT2D eigenvalue weighted by molar-refractivity contribution is 14.0. The van der Waals surface area contributed by atoms with E-state index in [9.17, 15) is 0 Å². The summed E-state index contributed by atoms with van der Waals surface area (Å²) in [5.41, 5.74) is 1.62. The maximum Gasteiger partial charge on any atom is 0.191 e. The molecule has 0 amide bonds. The molecule has 7 heteroatoms. The average molecular weight is 505 g/mol. The molecule has 0 radical (unpaired) electrons. The quantitative estimate of drug-likeness (QED) is 0.356. The first-order chi connectivity index (χ1) is 12.1. The van der Waals surface area contributed by atoms with Crippen LogP contribution in [0.2, 0.25) is 0 Å². The highest BCUT2D eigenvalue weighted by atomic mass is 127. The molecule has 3 heterocycles. The molecule has 0 unspecified atom stereocenters. The molecule has 2 aromatic rings. The molecule has 0 spiro atoms. The van der Waals surface area contributed by atoms with Gasteiger partial charge in [0.15, 0.2) is 5.96 Å². The summed E-state index contributed by atoms with van der Waals surface area (Å²) in [6, 6.07) is 6.59. The van der Waals surface area contributed by atoms with Crippen LogP contribution in [0.25, 0.3) is 0 Å². The summed E-state index contributed by atoms with van der Waals surface area (Å²) in [6.45, 7) is 9.61. The van der Waals surface area contributed by atoms with Crippen LogP contribution in [0.5, 0.6) is 0 Å². The van der Waals surface area contributed by atoms with Crippen molar-refractivity contribution in [1.82, 2.24) is 15.5 Å². The Bertz CT molecular complexity index is 694. The van der Waals surface area contributed by atoms with Crippen LogP contribution < -0.4 is 10.6 Å². The molecule has 144 valence electrons. The van der Waals surface area contributed by atoms with E-state index in [4.69, 9.17) is 0 Å². The SMILES string of the molecule is CN=C(NCCN1CCc2sccc2C1)NCC(C)(C)c1cccs1.I. The van der Waals surface area contributed by atoms with Crippen molar-refractivity contribution in [2.45, 2.75) is 32.2 Å². The van der Waals surface area contributed by atoms with Crippen LogP contribution in [0.1, 0.15) is 29.2 Å². The van der Waals surface area contributed by atoms with E-state index in [1.165, 1.54) is 16.9 Å². The van der Waals surface area contributed by atoms with Gasteiger partial charge in [-0.1, -0.05) is 19.9 Å². The number of guanidine groups is 1. The van der Waals surface area contributed by atoms with Crippen molar-refractivity contribution in [1.29, 1.82) is 0 Å².